The Hall–Kier alpha value is -1.55. The highest BCUT2D eigenvalue weighted by Crippen LogP contribution is 2.25. The number of aromatic nitrogens is 1. The van der Waals surface area contributed by atoms with Crippen molar-refractivity contribution in [3.8, 4) is 0 Å². The summed E-state index contributed by atoms with van der Waals surface area (Å²) in [6.45, 7) is 10.1. The molecule has 0 aliphatic rings. The Morgan fingerprint density at radius 2 is 1.95 bits per heavy atom. The topological polar surface area (TPSA) is 42.0 Å². The standard InChI is InChI=1S/C17H22N2OS/c1-11-7-6-8-13-12(2)9-15(18-16(11)13)21-10-14(20)19-17(3,4)5/h6-9H,10H2,1-5H3,(H,19,20). The average molecular weight is 302 g/mol. The zero-order valence-corrected chi connectivity index (χ0v) is 14.1. The number of aryl methyl sites for hydroxylation is 2. The molecule has 3 nitrogen and oxygen atoms in total. The van der Waals surface area contributed by atoms with Crippen LogP contribution in [0.25, 0.3) is 10.9 Å². The van der Waals surface area contributed by atoms with Gasteiger partial charge in [0.15, 0.2) is 0 Å². The summed E-state index contributed by atoms with van der Waals surface area (Å²) in [5, 5.41) is 5.05. The molecule has 0 bridgehead atoms. The average Bonchev–Trinajstić information content (AvgIpc) is 2.36. The third kappa shape index (κ3) is 4.21. The van der Waals surface area contributed by atoms with Gasteiger partial charge in [-0.25, -0.2) is 4.98 Å². The molecule has 0 fully saturated rings. The van der Waals surface area contributed by atoms with E-state index in [1.54, 1.807) is 0 Å². The molecule has 21 heavy (non-hydrogen) atoms. The first-order valence-corrected chi connectivity index (χ1v) is 8.05. The number of benzene rings is 1. The molecule has 1 aromatic carbocycles. The fourth-order valence-corrected chi connectivity index (χ4v) is 2.97. The van der Waals surface area contributed by atoms with E-state index >= 15 is 0 Å². The third-order valence-corrected chi connectivity index (χ3v) is 4.00. The van der Waals surface area contributed by atoms with E-state index in [-0.39, 0.29) is 11.4 Å². The quantitative estimate of drug-likeness (QED) is 0.875. The molecule has 2 aromatic rings. The molecule has 0 aliphatic heterocycles. The van der Waals surface area contributed by atoms with E-state index in [0.29, 0.717) is 5.75 Å². The molecule has 0 atom stereocenters. The first kappa shape index (κ1) is 15.8. The van der Waals surface area contributed by atoms with Crippen LogP contribution in [0, 0.1) is 13.8 Å². The predicted octanol–water partition coefficient (Wildman–Crippen LogP) is 3.86. The minimum absolute atomic E-state index is 0.0387. The molecular formula is C17H22N2OS. The summed E-state index contributed by atoms with van der Waals surface area (Å²) in [5.41, 5.74) is 3.19. The van der Waals surface area contributed by atoms with E-state index in [9.17, 15) is 4.79 Å². The summed E-state index contributed by atoms with van der Waals surface area (Å²) in [4.78, 5) is 16.6. The molecular weight excluding hydrogens is 280 g/mol. The third-order valence-electron chi connectivity index (χ3n) is 3.09. The van der Waals surface area contributed by atoms with Gasteiger partial charge in [-0.3, -0.25) is 4.79 Å². The highest BCUT2D eigenvalue weighted by atomic mass is 32.2. The van der Waals surface area contributed by atoms with Crippen LogP contribution >= 0.6 is 11.8 Å². The number of hydrogen-bond acceptors (Lipinski definition) is 3. The van der Waals surface area contributed by atoms with E-state index in [2.05, 4.69) is 48.4 Å². The fourth-order valence-electron chi connectivity index (χ4n) is 2.20. The van der Waals surface area contributed by atoms with Crippen molar-refractivity contribution >= 4 is 28.6 Å². The van der Waals surface area contributed by atoms with Gasteiger partial charge in [0, 0.05) is 10.9 Å². The van der Waals surface area contributed by atoms with E-state index in [0.717, 1.165) is 16.1 Å². The summed E-state index contributed by atoms with van der Waals surface area (Å²) in [5.74, 6) is 0.429. The lowest BCUT2D eigenvalue weighted by molar-refractivity contribution is -0.119. The van der Waals surface area contributed by atoms with Crippen LogP contribution in [0.3, 0.4) is 0 Å². The summed E-state index contributed by atoms with van der Waals surface area (Å²) >= 11 is 1.48. The summed E-state index contributed by atoms with van der Waals surface area (Å²) in [6.07, 6.45) is 0. The maximum absolute atomic E-state index is 11.9. The van der Waals surface area contributed by atoms with Gasteiger partial charge >= 0.3 is 0 Å². The molecule has 4 heteroatoms. The molecule has 0 saturated carbocycles. The van der Waals surface area contributed by atoms with Crippen molar-refractivity contribution in [3.63, 3.8) is 0 Å². The number of para-hydroxylation sites is 1. The van der Waals surface area contributed by atoms with Crippen LogP contribution < -0.4 is 5.32 Å². The maximum atomic E-state index is 11.9. The van der Waals surface area contributed by atoms with Crippen molar-refractivity contribution in [2.75, 3.05) is 5.75 Å². The second-order valence-electron chi connectivity index (χ2n) is 6.34. The number of fused-ring (bicyclic) bond motifs is 1. The first-order valence-electron chi connectivity index (χ1n) is 7.07. The van der Waals surface area contributed by atoms with E-state index < -0.39 is 0 Å². The number of carbonyl (C=O) groups is 1. The SMILES string of the molecule is Cc1cc(SCC(=O)NC(C)(C)C)nc2c(C)cccc12. The van der Waals surface area contributed by atoms with Crippen LogP contribution in [0.2, 0.25) is 0 Å². The molecule has 1 aromatic heterocycles. The Kier molecular flexibility index (Phi) is 4.57. The van der Waals surface area contributed by atoms with Crippen molar-refractivity contribution in [1.82, 2.24) is 10.3 Å². The first-order chi connectivity index (χ1) is 9.76. The monoisotopic (exact) mass is 302 g/mol. The summed E-state index contributed by atoms with van der Waals surface area (Å²) in [6, 6.07) is 8.26. The van der Waals surface area contributed by atoms with Crippen molar-refractivity contribution in [1.29, 1.82) is 0 Å². The minimum Gasteiger partial charge on any atom is -0.351 e. The Morgan fingerprint density at radius 1 is 1.24 bits per heavy atom. The number of nitrogens with zero attached hydrogens (tertiary/aromatic N) is 1. The molecule has 0 radical (unpaired) electrons. The van der Waals surface area contributed by atoms with E-state index in [1.807, 2.05) is 20.8 Å². The zero-order chi connectivity index (χ0) is 15.6. The van der Waals surface area contributed by atoms with Gasteiger partial charge in [0.1, 0.15) is 0 Å². The van der Waals surface area contributed by atoms with Gasteiger partial charge < -0.3 is 5.32 Å². The number of amides is 1. The number of rotatable bonds is 3. The van der Waals surface area contributed by atoms with Gasteiger partial charge in [-0.05, 0) is 51.8 Å². The lowest BCUT2D eigenvalue weighted by atomic mass is 10.1. The van der Waals surface area contributed by atoms with Gasteiger partial charge in [0.05, 0.1) is 16.3 Å². The Bertz CT molecular complexity index is 674. The van der Waals surface area contributed by atoms with Gasteiger partial charge in [-0.1, -0.05) is 30.0 Å². The van der Waals surface area contributed by atoms with Gasteiger partial charge in [-0.15, -0.1) is 0 Å². The molecule has 0 aliphatic carbocycles. The van der Waals surface area contributed by atoms with Crippen LogP contribution in [0.1, 0.15) is 31.9 Å². The highest BCUT2D eigenvalue weighted by Gasteiger charge is 2.14. The lowest BCUT2D eigenvalue weighted by Crippen LogP contribution is -2.41. The van der Waals surface area contributed by atoms with Crippen molar-refractivity contribution in [2.24, 2.45) is 0 Å². The van der Waals surface area contributed by atoms with Crippen molar-refractivity contribution < 1.29 is 4.79 Å². The largest absolute Gasteiger partial charge is 0.351 e. The smallest absolute Gasteiger partial charge is 0.230 e. The van der Waals surface area contributed by atoms with Crippen LogP contribution in [0.5, 0.6) is 0 Å². The molecule has 2 rings (SSSR count). The predicted molar refractivity (Wildman–Crippen MR) is 89.8 cm³/mol. The van der Waals surface area contributed by atoms with Crippen LogP contribution in [-0.2, 0) is 4.79 Å². The summed E-state index contributed by atoms with van der Waals surface area (Å²) < 4.78 is 0. The second-order valence-corrected chi connectivity index (χ2v) is 7.33. The van der Waals surface area contributed by atoms with Crippen LogP contribution in [0.4, 0.5) is 0 Å². The Labute approximate surface area is 130 Å². The van der Waals surface area contributed by atoms with E-state index in [1.165, 1.54) is 22.7 Å². The van der Waals surface area contributed by atoms with Crippen LogP contribution in [0.15, 0.2) is 29.3 Å². The van der Waals surface area contributed by atoms with Crippen LogP contribution in [-0.4, -0.2) is 22.2 Å². The number of pyridine rings is 1. The minimum atomic E-state index is -0.193. The maximum Gasteiger partial charge on any atom is 0.230 e. The Morgan fingerprint density at radius 3 is 2.62 bits per heavy atom. The molecule has 112 valence electrons. The zero-order valence-electron chi connectivity index (χ0n) is 13.3. The van der Waals surface area contributed by atoms with Gasteiger partial charge in [0.2, 0.25) is 5.91 Å². The second kappa shape index (κ2) is 6.06. The summed E-state index contributed by atoms with van der Waals surface area (Å²) in [7, 11) is 0. The molecule has 1 amide bonds. The van der Waals surface area contributed by atoms with Gasteiger partial charge in [0.25, 0.3) is 0 Å². The number of carbonyl (C=O) groups excluding carboxylic acids is 1. The molecule has 0 spiro atoms. The van der Waals surface area contributed by atoms with E-state index in [4.69, 9.17) is 0 Å². The number of hydrogen-bond donors (Lipinski definition) is 1. The molecule has 1 N–H and O–H groups in total. The highest BCUT2D eigenvalue weighted by molar-refractivity contribution is 7.99. The molecule has 0 unspecified atom stereocenters. The molecule has 1 heterocycles. The fraction of sp³-hybridized carbons (Fsp3) is 0.412. The molecule has 0 saturated heterocycles. The van der Waals surface area contributed by atoms with Crippen molar-refractivity contribution in [2.45, 2.75) is 45.2 Å². The number of thioether (sulfide) groups is 1. The number of nitrogens with one attached hydrogen (secondary N) is 1. The van der Waals surface area contributed by atoms with Crippen molar-refractivity contribution in [3.05, 3.63) is 35.4 Å². The normalized spacial score (nSPS) is 11.7. The van der Waals surface area contributed by atoms with Gasteiger partial charge in [-0.2, -0.15) is 0 Å². The Balaban J connectivity index is 2.16. The lowest BCUT2D eigenvalue weighted by Gasteiger charge is -2.20.